The van der Waals surface area contributed by atoms with E-state index in [1.165, 1.54) is 16.4 Å². The van der Waals surface area contributed by atoms with Gasteiger partial charge in [-0.05, 0) is 13.8 Å². The molecule has 1 fully saturated rings. The molecule has 0 radical (unpaired) electrons. The molecule has 3 aliphatic heterocycles. The summed E-state index contributed by atoms with van der Waals surface area (Å²) in [4.78, 5) is 24.3. The Hall–Kier alpha value is -1.60. The van der Waals surface area contributed by atoms with E-state index in [1.54, 1.807) is 0 Å². The molecule has 0 unspecified atom stereocenters. The van der Waals surface area contributed by atoms with Crippen LogP contribution in [0.5, 0.6) is 0 Å². The molecule has 7 heteroatoms. The van der Waals surface area contributed by atoms with Crippen LogP contribution in [-0.2, 0) is 16.5 Å². The zero-order chi connectivity index (χ0) is 13.5. The first-order valence-electron chi connectivity index (χ1n) is 6.35. The Bertz CT molecular complexity index is 652. The van der Waals surface area contributed by atoms with Crippen molar-refractivity contribution in [2.75, 3.05) is 0 Å². The molecule has 0 N–H and O–H groups in total. The van der Waals surface area contributed by atoms with Crippen molar-refractivity contribution in [3.8, 4) is 0 Å². The molecule has 4 heterocycles. The fraction of sp³-hybridized carbons (Fsp3) is 0.667. The van der Waals surface area contributed by atoms with E-state index >= 15 is 0 Å². The van der Waals surface area contributed by atoms with Gasteiger partial charge in [-0.1, -0.05) is 12.2 Å². The molecule has 1 aromatic heterocycles. The van der Waals surface area contributed by atoms with Crippen molar-refractivity contribution in [1.82, 2.24) is 13.9 Å². The SMILES string of the molecule is Cn1c(=O)n2n(c1=O)[C@H]1C=C[C@@H]2[C@@H]2OC(C)(C)O[C@@H]21. The van der Waals surface area contributed by atoms with Gasteiger partial charge in [-0.25, -0.2) is 23.5 Å². The van der Waals surface area contributed by atoms with Crippen LogP contribution in [0.2, 0.25) is 0 Å². The molecule has 0 aromatic carbocycles. The van der Waals surface area contributed by atoms with Crippen LogP contribution in [0.25, 0.3) is 0 Å². The van der Waals surface area contributed by atoms with Crippen molar-refractivity contribution in [3.05, 3.63) is 33.1 Å². The summed E-state index contributed by atoms with van der Waals surface area (Å²) in [6.45, 7) is 3.70. The lowest BCUT2D eigenvalue weighted by molar-refractivity contribution is -0.147. The van der Waals surface area contributed by atoms with E-state index in [0.29, 0.717) is 0 Å². The molecule has 0 amide bonds. The van der Waals surface area contributed by atoms with E-state index in [-0.39, 0.29) is 35.7 Å². The van der Waals surface area contributed by atoms with Crippen LogP contribution in [0.3, 0.4) is 0 Å². The lowest BCUT2D eigenvalue weighted by atomic mass is 9.90. The monoisotopic (exact) mass is 265 g/mol. The summed E-state index contributed by atoms with van der Waals surface area (Å²) in [6.07, 6.45) is 3.42. The maximum atomic E-state index is 12.1. The third kappa shape index (κ3) is 1.19. The first-order chi connectivity index (χ1) is 8.91. The van der Waals surface area contributed by atoms with Gasteiger partial charge in [-0.2, -0.15) is 0 Å². The van der Waals surface area contributed by atoms with Gasteiger partial charge in [-0.3, -0.25) is 0 Å². The predicted molar refractivity (Wildman–Crippen MR) is 65.0 cm³/mol. The minimum atomic E-state index is -0.684. The van der Waals surface area contributed by atoms with E-state index in [1.807, 2.05) is 26.0 Å². The molecule has 1 aliphatic carbocycles. The first kappa shape index (κ1) is 11.2. The van der Waals surface area contributed by atoms with E-state index in [0.717, 1.165) is 4.57 Å². The normalized spacial score (nSPS) is 37.4. The Labute approximate surface area is 108 Å². The van der Waals surface area contributed by atoms with Gasteiger partial charge in [0.15, 0.2) is 5.79 Å². The number of rotatable bonds is 0. The Kier molecular flexibility index (Phi) is 1.84. The highest BCUT2D eigenvalue weighted by atomic mass is 16.8. The molecule has 4 aliphatic rings. The standard InChI is InChI=1S/C12H15N3O4/c1-12(2)18-8-6-4-5-7(9(8)19-12)15-11(17)13(3)10(16)14(6)15/h4-9H,1-3H3/t6-,7+,8+,9-. The Morgan fingerprint density at radius 1 is 1.00 bits per heavy atom. The van der Waals surface area contributed by atoms with E-state index < -0.39 is 5.79 Å². The highest BCUT2D eigenvalue weighted by Gasteiger charge is 2.55. The van der Waals surface area contributed by atoms with Gasteiger partial charge < -0.3 is 9.47 Å². The fourth-order valence-electron chi connectivity index (χ4n) is 3.35. The number of hydrogen-bond acceptors (Lipinski definition) is 4. The third-order valence-corrected chi connectivity index (χ3v) is 4.11. The van der Waals surface area contributed by atoms with Crippen LogP contribution in [-0.4, -0.2) is 31.9 Å². The van der Waals surface area contributed by atoms with Gasteiger partial charge in [0.05, 0.1) is 0 Å². The second-order valence-electron chi connectivity index (χ2n) is 5.74. The molecule has 1 aromatic rings. The quantitative estimate of drug-likeness (QED) is 0.595. The zero-order valence-corrected chi connectivity index (χ0v) is 10.9. The van der Waals surface area contributed by atoms with Crippen molar-refractivity contribution in [2.45, 2.75) is 43.9 Å². The van der Waals surface area contributed by atoms with Crippen LogP contribution in [0.4, 0.5) is 0 Å². The van der Waals surface area contributed by atoms with Gasteiger partial charge in [0, 0.05) is 7.05 Å². The number of aromatic nitrogens is 3. The lowest BCUT2D eigenvalue weighted by Crippen LogP contribution is -2.53. The predicted octanol–water partition coefficient (Wildman–Crippen LogP) is -0.466. The molecule has 4 atom stereocenters. The van der Waals surface area contributed by atoms with Crippen molar-refractivity contribution in [2.24, 2.45) is 7.05 Å². The average molecular weight is 265 g/mol. The van der Waals surface area contributed by atoms with Gasteiger partial charge in [0.2, 0.25) is 0 Å². The highest BCUT2D eigenvalue weighted by molar-refractivity contribution is 5.18. The fourth-order valence-corrected chi connectivity index (χ4v) is 3.35. The van der Waals surface area contributed by atoms with Crippen LogP contribution in [0, 0.1) is 0 Å². The second-order valence-corrected chi connectivity index (χ2v) is 5.74. The molecule has 7 nitrogen and oxygen atoms in total. The smallest absolute Gasteiger partial charge is 0.342 e. The Balaban J connectivity index is 1.96. The summed E-state index contributed by atoms with van der Waals surface area (Å²) in [5, 5.41) is 0. The summed E-state index contributed by atoms with van der Waals surface area (Å²) in [6, 6.07) is -0.559. The van der Waals surface area contributed by atoms with Crippen molar-refractivity contribution in [1.29, 1.82) is 0 Å². The maximum absolute atomic E-state index is 12.1. The lowest BCUT2D eigenvalue weighted by Gasteiger charge is -2.40. The summed E-state index contributed by atoms with van der Waals surface area (Å²) < 4.78 is 15.9. The van der Waals surface area contributed by atoms with Gasteiger partial charge in [-0.15, -0.1) is 0 Å². The molecule has 0 saturated carbocycles. The van der Waals surface area contributed by atoms with Crippen LogP contribution >= 0.6 is 0 Å². The molecule has 19 heavy (non-hydrogen) atoms. The Morgan fingerprint density at radius 3 is 1.84 bits per heavy atom. The Morgan fingerprint density at radius 2 is 1.42 bits per heavy atom. The van der Waals surface area contributed by atoms with Gasteiger partial charge in [0.25, 0.3) is 0 Å². The highest BCUT2D eigenvalue weighted by Crippen LogP contribution is 2.45. The number of ether oxygens (including phenoxy) is 2. The third-order valence-electron chi connectivity index (χ3n) is 4.11. The maximum Gasteiger partial charge on any atom is 0.347 e. The summed E-state index contributed by atoms with van der Waals surface area (Å²) in [7, 11) is 1.49. The zero-order valence-electron chi connectivity index (χ0n) is 10.9. The largest absolute Gasteiger partial charge is 0.347 e. The average Bonchev–Trinajstić information content (AvgIpc) is 2.81. The van der Waals surface area contributed by atoms with Gasteiger partial charge in [0.1, 0.15) is 24.3 Å². The summed E-state index contributed by atoms with van der Waals surface area (Å²) in [5.74, 6) is -0.684. The molecule has 102 valence electrons. The van der Waals surface area contributed by atoms with Crippen molar-refractivity contribution >= 4 is 0 Å². The summed E-state index contributed by atoms with van der Waals surface area (Å²) in [5.41, 5.74) is -0.618. The van der Waals surface area contributed by atoms with E-state index in [9.17, 15) is 9.59 Å². The number of hydrogen-bond donors (Lipinski definition) is 0. The summed E-state index contributed by atoms with van der Waals surface area (Å²) >= 11 is 0. The van der Waals surface area contributed by atoms with Crippen LogP contribution in [0.15, 0.2) is 21.7 Å². The molecular formula is C12H15N3O4. The van der Waals surface area contributed by atoms with Crippen LogP contribution in [0.1, 0.15) is 25.9 Å². The molecule has 0 spiro atoms. The molecule has 1 saturated heterocycles. The van der Waals surface area contributed by atoms with Crippen molar-refractivity contribution in [3.63, 3.8) is 0 Å². The minimum Gasteiger partial charge on any atom is -0.342 e. The van der Waals surface area contributed by atoms with E-state index in [4.69, 9.17) is 9.47 Å². The number of nitrogens with zero attached hydrogens (tertiary/aromatic N) is 3. The van der Waals surface area contributed by atoms with Crippen molar-refractivity contribution < 1.29 is 9.47 Å². The molecule has 5 rings (SSSR count). The first-order valence-corrected chi connectivity index (χ1v) is 6.35. The minimum absolute atomic E-state index is 0.218. The van der Waals surface area contributed by atoms with E-state index in [2.05, 4.69) is 0 Å². The topological polar surface area (TPSA) is 67.4 Å². The van der Waals surface area contributed by atoms with Gasteiger partial charge >= 0.3 is 11.4 Å². The molecule has 2 bridgehead atoms. The van der Waals surface area contributed by atoms with Crippen LogP contribution < -0.4 is 11.4 Å². The molecular weight excluding hydrogens is 250 g/mol. The second kappa shape index (κ2) is 3.10.